The van der Waals surface area contributed by atoms with Crippen LogP contribution in [0.25, 0.3) is 0 Å². The van der Waals surface area contributed by atoms with E-state index in [9.17, 15) is 14.5 Å². The number of nitro benzene ring substituents is 1. The van der Waals surface area contributed by atoms with Crippen molar-refractivity contribution in [3.05, 3.63) is 39.7 Å². The van der Waals surface area contributed by atoms with Gasteiger partial charge in [0.05, 0.1) is 4.92 Å². The molecule has 0 spiro atoms. The van der Waals surface area contributed by atoms with Gasteiger partial charge in [-0.25, -0.2) is 0 Å². The van der Waals surface area contributed by atoms with Crippen LogP contribution in [0.15, 0.2) is 18.2 Å². The molecule has 2 unspecified atom stereocenters. The summed E-state index contributed by atoms with van der Waals surface area (Å²) in [6.45, 7) is 0.347. The molecule has 2 atom stereocenters. The zero-order chi connectivity index (χ0) is 14.5. The van der Waals surface area contributed by atoms with Gasteiger partial charge in [0.2, 0.25) is 5.82 Å². The van der Waals surface area contributed by atoms with Crippen LogP contribution >= 0.6 is 11.8 Å². The van der Waals surface area contributed by atoms with Crippen molar-refractivity contribution >= 4 is 17.4 Å². The largest absolute Gasteiger partial charge is 0.310 e. The van der Waals surface area contributed by atoms with Gasteiger partial charge >= 0.3 is 5.69 Å². The molecular formula is C14H19FN2O2S. The topological polar surface area (TPSA) is 55.2 Å². The Kier molecular flexibility index (Phi) is 5.37. The number of rotatable bonds is 5. The molecule has 1 aromatic rings. The van der Waals surface area contributed by atoms with E-state index < -0.39 is 16.4 Å². The molecule has 1 aliphatic rings. The summed E-state index contributed by atoms with van der Waals surface area (Å²) < 4.78 is 13.9. The van der Waals surface area contributed by atoms with Crippen LogP contribution in [0.4, 0.5) is 10.1 Å². The molecule has 1 fully saturated rings. The number of nitrogens with one attached hydrogen (secondary N) is 1. The summed E-state index contributed by atoms with van der Waals surface area (Å²) in [5.41, 5.74) is -0.0830. The maximum Gasteiger partial charge on any atom is 0.305 e. The fourth-order valence-electron chi connectivity index (χ4n) is 2.64. The third kappa shape index (κ3) is 3.70. The Labute approximate surface area is 122 Å². The molecule has 0 radical (unpaired) electrons. The number of hydrogen-bond acceptors (Lipinski definition) is 4. The number of benzene rings is 1. The van der Waals surface area contributed by atoms with Crippen molar-refractivity contribution in [2.75, 3.05) is 6.26 Å². The molecule has 4 nitrogen and oxygen atoms in total. The molecule has 1 N–H and O–H groups in total. The van der Waals surface area contributed by atoms with E-state index in [1.165, 1.54) is 25.0 Å². The van der Waals surface area contributed by atoms with Crippen LogP contribution in [0.1, 0.15) is 31.2 Å². The maximum atomic E-state index is 13.9. The van der Waals surface area contributed by atoms with E-state index in [0.29, 0.717) is 23.4 Å². The van der Waals surface area contributed by atoms with Crippen LogP contribution in [0.2, 0.25) is 0 Å². The van der Waals surface area contributed by atoms with Gasteiger partial charge in [0.25, 0.3) is 0 Å². The van der Waals surface area contributed by atoms with E-state index >= 15 is 0 Å². The van der Waals surface area contributed by atoms with E-state index in [1.807, 2.05) is 11.8 Å². The SMILES string of the molecule is CSC1CCCC(NCc2cccc([N+](=O)[O-])c2F)C1. The van der Waals surface area contributed by atoms with E-state index in [0.717, 1.165) is 12.8 Å². The fourth-order valence-corrected chi connectivity index (χ4v) is 3.47. The third-order valence-corrected chi connectivity index (χ3v) is 4.89. The molecule has 0 saturated heterocycles. The van der Waals surface area contributed by atoms with Crippen molar-refractivity contribution < 1.29 is 9.31 Å². The molecule has 1 aromatic carbocycles. The quantitative estimate of drug-likeness (QED) is 0.668. The van der Waals surface area contributed by atoms with Crippen LogP contribution < -0.4 is 5.32 Å². The molecule has 0 aliphatic heterocycles. The predicted molar refractivity (Wildman–Crippen MR) is 79.5 cm³/mol. The summed E-state index contributed by atoms with van der Waals surface area (Å²) >= 11 is 1.88. The Hall–Kier alpha value is -1.14. The Morgan fingerprint density at radius 2 is 2.30 bits per heavy atom. The maximum absolute atomic E-state index is 13.9. The van der Waals surface area contributed by atoms with Crippen molar-refractivity contribution in [2.24, 2.45) is 0 Å². The Morgan fingerprint density at radius 3 is 3.00 bits per heavy atom. The summed E-state index contributed by atoms with van der Waals surface area (Å²) in [5.74, 6) is -0.720. The molecule has 0 bridgehead atoms. The van der Waals surface area contributed by atoms with Gasteiger partial charge < -0.3 is 5.32 Å². The molecule has 2 rings (SSSR count). The lowest BCUT2D eigenvalue weighted by Gasteiger charge is -2.28. The van der Waals surface area contributed by atoms with E-state index in [1.54, 1.807) is 6.07 Å². The first-order valence-electron chi connectivity index (χ1n) is 6.79. The Bertz CT molecular complexity index is 484. The van der Waals surface area contributed by atoms with Crippen molar-refractivity contribution in [3.8, 4) is 0 Å². The molecule has 1 saturated carbocycles. The molecular weight excluding hydrogens is 279 g/mol. The summed E-state index contributed by atoms with van der Waals surface area (Å²) in [6.07, 6.45) is 6.71. The first kappa shape index (κ1) is 15.3. The van der Waals surface area contributed by atoms with Crippen molar-refractivity contribution in [3.63, 3.8) is 0 Å². The average Bonchev–Trinajstić information content (AvgIpc) is 2.46. The van der Waals surface area contributed by atoms with E-state index in [2.05, 4.69) is 11.6 Å². The average molecular weight is 298 g/mol. The molecule has 6 heteroatoms. The van der Waals surface area contributed by atoms with E-state index in [-0.39, 0.29) is 0 Å². The molecule has 110 valence electrons. The lowest BCUT2D eigenvalue weighted by molar-refractivity contribution is -0.387. The number of hydrogen-bond donors (Lipinski definition) is 1. The molecule has 0 heterocycles. The van der Waals surface area contributed by atoms with Gasteiger partial charge in [0.15, 0.2) is 0 Å². The standard InChI is InChI=1S/C14H19FN2O2S/c1-20-12-6-3-5-11(8-12)16-9-10-4-2-7-13(14(10)15)17(18)19/h2,4,7,11-12,16H,3,5-6,8-9H2,1H3. The smallest absolute Gasteiger partial charge is 0.305 e. The lowest BCUT2D eigenvalue weighted by atomic mass is 9.95. The fraction of sp³-hybridized carbons (Fsp3) is 0.571. The highest BCUT2D eigenvalue weighted by Gasteiger charge is 2.22. The summed E-state index contributed by atoms with van der Waals surface area (Å²) in [5, 5.41) is 14.7. The Balaban J connectivity index is 1.97. The highest BCUT2D eigenvalue weighted by atomic mass is 32.2. The van der Waals surface area contributed by atoms with Gasteiger partial charge in [0.1, 0.15) is 0 Å². The van der Waals surface area contributed by atoms with Gasteiger partial charge in [-0.2, -0.15) is 16.2 Å². The second-order valence-corrected chi connectivity index (χ2v) is 6.25. The second-order valence-electron chi connectivity index (χ2n) is 5.11. The van der Waals surface area contributed by atoms with Gasteiger partial charge in [0, 0.05) is 29.5 Å². The summed E-state index contributed by atoms with van der Waals surface area (Å²) in [6, 6.07) is 4.71. The van der Waals surface area contributed by atoms with E-state index in [4.69, 9.17) is 0 Å². The minimum absolute atomic E-state index is 0.347. The number of halogens is 1. The summed E-state index contributed by atoms with van der Waals surface area (Å²) in [4.78, 5) is 10.0. The van der Waals surface area contributed by atoms with Crippen LogP contribution in [-0.2, 0) is 6.54 Å². The minimum Gasteiger partial charge on any atom is -0.310 e. The monoisotopic (exact) mass is 298 g/mol. The molecule has 20 heavy (non-hydrogen) atoms. The van der Waals surface area contributed by atoms with Crippen molar-refractivity contribution in [2.45, 2.75) is 43.5 Å². The van der Waals surface area contributed by atoms with Crippen LogP contribution in [-0.4, -0.2) is 22.5 Å². The lowest BCUT2D eigenvalue weighted by Crippen LogP contribution is -2.34. The van der Waals surface area contributed by atoms with Gasteiger partial charge in [-0.15, -0.1) is 0 Å². The molecule has 0 aromatic heterocycles. The zero-order valence-corrected chi connectivity index (χ0v) is 12.3. The van der Waals surface area contributed by atoms with Crippen LogP contribution in [0, 0.1) is 15.9 Å². The molecule has 0 amide bonds. The van der Waals surface area contributed by atoms with Gasteiger partial charge in [-0.3, -0.25) is 10.1 Å². The highest BCUT2D eigenvalue weighted by Crippen LogP contribution is 2.27. The normalized spacial score (nSPS) is 22.7. The van der Waals surface area contributed by atoms with Crippen LogP contribution in [0.5, 0.6) is 0 Å². The van der Waals surface area contributed by atoms with Gasteiger partial charge in [-0.1, -0.05) is 18.6 Å². The Morgan fingerprint density at radius 1 is 1.50 bits per heavy atom. The molecule has 1 aliphatic carbocycles. The minimum atomic E-state index is -0.720. The van der Waals surface area contributed by atoms with Gasteiger partial charge in [-0.05, 0) is 25.5 Å². The van der Waals surface area contributed by atoms with Crippen LogP contribution in [0.3, 0.4) is 0 Å². The second kappa shape index (κ2) is 7.04. The number of thioether (sulfide) groups is 1. The predicted octanol–water partition coefficient (Wildman–Crippen LogP) is 3.50. The number of nitrogens with zero attached hydrogens (tertiary/aromatic N) is 1. The third-order valence-electron chi connectivity index (χ3n) is 3.80. The first-order valence-corrected chi connectivity index (χ1v) is 8.08. The van der Waals surface area contributed by atoms with Crippen molar-refractivity contribution in [1.82, 2.24) is 5.32 Å². The summed E-state index contributed by atoms with van der Waals surface area (Å²) in [7, 11) is 0. The zero-order valence-electron chi connectivity index (χ0n) is 11.5. The highest BCUT2D eigenvalue weighted by molar-refractivity contribution is 7.99. The number of nitro groups is 1. The van der Waals surface area contributed by atoms with Crippen molar-refractivity contribution in [1.29, 1.82) is 0 Å². The first-order chi connectivity index (χ1) is 9.61.